The van der Waals surface area contributed by atoms with Crippen LogP contribution in [0.3, 0.4) is 0 Å². The van der Waals surface area contributed by atoms with Gasteiger partial charge >= 0.3 is 5.97 Å². The molecule has 2 aromatic carbocycles. The number of hydrogen-bond donors (Lipinski definition) is 1. The van der Waals surface area contributed by atoms with Gasteiger partial charge in [-0.15, -0.1) is 0 Å². The van der Waals surface area contributed by atoms with E-state index >= 15 is 0 Å². The Balaban J connectivity index is 1.75. The second-order valence-corrected chi connectivity index (χ2v) is 7.95. The molecule has 1 aliphatic rings. The molecule has 0 radical (unpaired) electrons. The highest BCUT2D eigenvalue weighted by Gasteiger charge is 2.34. The first-order valence-electron chi connectivity index (χ1n) is 9.70. The van der Waals surface area contributed by atoms with Crippen LogP contribution < -0.4 is 10.4 Å². The van der Waals surface area contributed by atoms with E-state index < -0.39 is 23.1 Å². The van der Waals surface area contributed by atoms with Gasteiger partial charge in [-0.05, 0) is 48.9 Å². The van der Waals surface area contributed by atoms with E-state index in [0.29, 0.717) is 16.4 Å². The third-order valence-electron chi connectivity index (χ3n) is 4.53. The number of benzene rings is 2. The highest BCUT2D eigenvalue weighted by atomic mass is 32.2. The number of hydrogen-bond acceptors (Lipinski definition) is 8. The lowest BCUT2D eigenvalue weighted by molar-refractivity contribution is -0.255. The molecule has 1 saturated heterocycles. The molecule has 0 bridgehead atoms. The van der Waals surface area contributed by atoms with Crippen molar-refractivity contribution in [1.82, 2.24) is 4.90 Å². The number of thioether (sulfide) groups is 1. The van der Waals surface area contributed by atoms with Gasteiger partial charge in [0.1, 0.15) is 5.25 Å². The number of carboxylic acid groups (broad SMARTS) is 1. The number of aromatic carboxylic acids is 1. The van der Waals surface area contributed by atoms with Crippen LogP contribution >= 0.6 is 11.8 Å². The van der Waals surface area contributed by atoms with E-state index in [9.17, 15) is 24.3 Å². The first kappa shape index (κ1) is 23.0. The van der Waals surface area contributed by atoms with Crippen LogP contribution in [0.1, 0.15) is 34.1 Å². The zero-order valence-corrected chi connectivity index (χ0v) is 18.2. The molecule has 1 N–H and O–H groups in total. The number of esters is 1. The van der Waals surface area contributed by atoms with Crippen molar-refractivity contribution in [1.29, 1.82) is 0 Å². The van der Waals surface area contributed by atoms with Gasteiger partial charge in [-0.2, -0.15) is 0 Å². The Morgan fingerprint density at radius 3 is 2.56 bits per heavy atom. The summed E-state index contributed by atoms with van der Waals surface area (Å²) in [5.74, 6) is -2.52. The average Bonchev–Trinajstić information content (AvgIpc) is 2.77. The zero-order valence-electron chi connectivity index (χ0n) is 17.4. The van der Waals surface area contributed by atoms with Crippen molar-refractivity contribution >= 4 is 52.1 Å². The molecular weight excluding hydrogens is 434 g/mol. The van der Waals surface area contributed by atoms with Gasteiger partial charge < -0.3 is 20.0 Å². The maximum atomic E-state index is 12.7. The van der Waals surface area contributed by atoms with Gasteiger partial charge in [0.15, 0.2) is 5.17 Å². The molecule has 1 fully saturated rings. The lowest BCUT2D eigenvalue weighted by Gasteiger charge is -2.28. The van der Waals surface area contributed by atoms with Crippen LogP contribution in [-0.4, -0.2) is 52.7 Å². The summed E-state index contributed by atoms with van der Waals surface area (Å²) in [6, 6.07) is 12.1. The molecule has 0 saturated carbocycles. The molecule has 0 aliphatic carbocycles. The minimum atomic E-state index is -1.35. The number of amidine groups is 1. The van der Waals surface area contributed by atoms with Gasteiger partial charge in [-0.25, -0.2) is 9.79 Å². The van der Waals surface area contributed by atoms with E-state index in [4.69, 9.17) is 4.74 Å². The number of aliphatic imine (C=N–C) groups is 1. The van der Waals surface area contributed by atoms with Crippen molar-refractivity contribution < 1.29 is 29.0 Å². The highest BCUT2D eigenvalue weighted by Crippen LogP contribution is 2.29. The summed E-state index contributed by atoms with van der Waals surface area (Å²) in [6.45, 7) is 1.99. The Hall–Kier alpha value is -3.66. The van der Waals surface area contributed by atoms with Gasteiger partial charge in [0.25, 0.3) is 0 Å². The number of nitrogens with zero attached hydrogens (tertiary/aromatic N) is 2. The third kappa shape index (κ3) is 5.52. The van der Waals surface area contributed by atoms with E-state index in [2.05, 4.69) is 10.3 Å². The number of rotatable bonds is 6. The van der Waals surface area contributed by atoms with Crippen LogP contribution in [0.5, 0.6) is 0 Å². The van der Waals surface area contributed by atoms with Crippen molar-refractivity contribution in [2.45, 2.75) is 18.6 Å². The lowest BCUT2D eigenvalue weighted by Crippen LogP contribution is -2.43. The van der Waals surface area contributed by atoms with Crippen molar-refractivity contribution in [3.63, 3.8) is 0 Å². The first-order valence-corrected chi connectivity index (χ1v) is 10.6. The molecule has 0 unspecified atom stereocenters. The first-order chi connectivity index (χ1) is 15.3. The second kappa shape index (κ2) is 10.1. The lowest BCUT2D eigenvalue weighted by atomic mass is 10.2. The van der Waals surface area contributed by atoms with Crippen LogP contribution in [-0.2, 0) is 14.3 Å². The van der Waals surface area contributed by atoms with E-state index in [1.807, 2.05) is 0 Å². The van der Waals surface area contributed by atoms with Gasteiger partial charge in [0, 0.05) is 19.2 Å². The van der Waals surface area contributed by atoms with Crippen LogP contribution in [0.4, 0.5) is 11.4 Å². The predicted octanol–water partition coefficient (Wildman–Crippen LogP) is 1.82. The predicted molar refractivity (Wildman–Crippen MR) is 118 cm³/mol. The molecule has 32 heavy (non-hydrogen) atoms. The summed E-state index contributed by atoms with van der Waals surface area (Å²) in [4.78, 5) is 53.7. The molecule has 1 aliphatic heterocycles. The average molecular weight is 454 g/mol. The van der Waals surface area contributed by atoms with Crippen molar-refractivity contribution in [3.8, 4) is 0 Å². The van der Waals surface area contributed by atoms with E-state index in [0.717, 1.165) is 11.8 Å². The zero-order chi connectivity index (χ0) is 23.3. The smallest absolute Gasteiger partial charge is 0.338 e. The van der Waals surface area contributed by atoms with Crippen LogP contribution in [0, 0.1) is 0 Å². The van der Waals surface area contributed by atoms with Crippen LogP contribution in [0.25, 0.3) is 0 Å². The summed E-state index contributed by atoms with van der Waals surface area (Å²) in [5, 5.41) is 13.2. The van der Waals surface area contributed by atoms with E-state index in [1.165, 1.54) is 23.1 Å². The summed E-state index contributed by atoms with van der Waals surface area (Å²) in [7, 11) is 1.57. The number of carbonyl (C=O) groups excluding carboxylic acids is 4. The van der Waals surface area contributed by atoms with Crippen LogP contribution in [0.15, 0.2) is 53.5 Å². The fourth-order valence-corrected chi connectivity index (χ4v) is 3.91. The molecule has 2 amide bonds. The van der Waals surface area contributed by atoms with Gasteiger partial charge in [0.05, 0.1) is 23.8 Å². The molecule has 2 aromatic rings. The van der Waals surface area contributed by atoms with Crippen LogP contribution in [0.2, 0.25) is 0 Å². The molecule has 1 atom stereocenters. The fourth-order valence-electron chi connectivity index (χ4n) is 2.84. The fraction of sp³-hybridized carbons (Fsp3) is 0.227. The van der Waals surface area contributed by atoms with Crippen molar-refractivity contribution in [3.05, 3.63) is 59.7 Å². The number of ether oxygens (including phenoxy) is 1. The molecule has 1 heterocycles. The van der Waals surface area contributed by atoms with Crippen molar-refractivity contribution in [2.75, 3.05) is 19.0 Å². The SMILES string of the molecule is CCOC(=O)c1ccc(N=C2S[C@H](C(=O)Nc3cccc(C(=O)[O-])c3)CC(=O)N2C)cc1. The Morgan fingerprint density at radius 2 is 1.91 bits per heavy atom. The second-order valence-electron chi connectivity index (χ2n) is 6.78. The quantitative estimate of drug-likeness (QED) is 0.659. The highest BCUT2D eigenvalue weighted by molar-refractivity contribution is 8.15. The number of anilines is 1. The summed E-state index contributed by atoms with van der Waals surface area (Å²) >= 11 is 1.12. The molecule has 166 valence electrons. The number of nitrogens with one attached hydrogen (secondary N) is 1. The van der Waals surface area contributed by atoms with Gasteiger partial charge in [-0.1, -0.05) is 23.9 Å². The number of amides is 2. The van der Waals surface area contributed by atoms with E-state index in [-0.39, 0.29) is 30.2 Å². The number of carboxylic acids is 1. The Bertz CT molecular complexity index is 1080. The minimum Gasteiger partial charge on any atom is -0.545 e. The molecule has 10 heteroatoms. The molecule has 0 spiro atoms. The molecule has 0 aromatic heterocycles. The molecule has 9 nitrogen and oxygen atoms in total. The summed E-state index contributed by atoms with van der Waals surface area (Å²) in [5.41, 5.74) is 1.11. The van der Waals surface area contributed by atoms with Gasteiger partial charge in [0.2, 0.25) is 11.8 Å². The third-order valence-corrected chi connectivity index (χ3v) is 5.77. The summed E-state index contributed by atoms with van der Waals surface area (Å²) in [6.07, 6.45) is -0.0337. The molecule has 3 rings (SSSR count). The topological polar surface area (TPSA) is 128 Å². The Morgan fingerprint density at radius 1 is 1.19 bits per heavy atom. The Labute approximate surface area is 188 Å². The maximum Gasteiger partial charge on any atom is 0.338 e. The normalized spacial score (nSPS) is 17.2. The number of carbonyl (C=O) groups is 4. The van der Waals surface area contributed by atoms with Crippen molar-refractivity contribution in [2.24, 2.45) is 4.99 Å². The maximum absolute atomic E-state index is 12.7. The van der Waals surface area contributed by atoms with E-state index in [1.54, 1.807) is 44.3 Å². The molecular formula is C22H20N3O6S-. The Kier molecular flexibility index (Phi) is 7.26. The summed E-state index contributed by atoms with van der Waals surface area (Å²) < 4.78 is 4.95. The van der Waals surface area contributed by atoms with Gasteiger partial charge in [-0.3, -0.25) is 14.5 Å². The minimum absolute atomic E-state index is 0.0337. The largest absolute Gasteiger partial charge is 0.545 e. The monoisotopic (exact) mass is 454 g/mol. The standard InChI is InChI=1S/C22H21N3O6S/c1-3-31-21(30)13-7-9-15(10-8-13)24-22-25(2)18(26)12-17(32-22)19(27)23-16-6-4-5-14(11-16)20(28)29/h4-11,17H,3,12H2,1-2H3,(H,23,27)(H,28,29)/p-1/t17-/m0/s1.